The standard InChI is InChI=1S/C56H42N2O/c1-39-16-9-10-23-49(39)50-25-14-27-53(40(50)2)57(45-19-5-3-6-20-45)47-34-30-41(31-35-47)43-17-13-18-44(38-43)42-32-36-48(37-33-42)58(46-21-7-4-8-22-46)54-28-15-26-52-51-24-11-12-29-55(51)59-56(52)54/h3-38H,1-2H3. The number of anilines is 6. The van der Waals surface area contributed by atoms with Gasteiger partial charge in [0.25, 0.3) is 0 Å². The molecule has 9 aromatic carbocycles. The average molecular weight is 759 g/mol. The highest BCUT2D eigenvalue weighted by Gasteiger charge is 2.20. The van der Waals surface area contributed by atoms with Crippen LogP contribution in [0, 0.1) is 13.8 Å². The number of furan rings is 1. The average Bonchev–Trinajstić information content (AvgIpc) is 3.68. The van der Waals surface area contributed by atoms with Gasteiger partial charge in [0, 0.05) is 39.2 Å². The Bertz CT molecular complexity index is 3060. The van der Waals surface area contributed by atoms with Gasteiger partial charge in [-0.15, -0.1) is 0 Å². The second-order valence-electron chi connectivity index (χ2n) is 15.0. The molecule has 0 unspecified atom stereocenters. The molecule has 0 aliphatic rings. The molecule has 0 saturated carbocycles. The van der Waals surface area contributed by atoms with Gasteiger partial charge in [-0.3, -0.25) is 0 Å². The van der Waals surface area contributed by atoms with E-state index < -0.39 is 0 Å². The monoisotopic (exact) mass is 758 g/mol. The molecular formula is C56H42N2O. The fourth-order valence-electron chi connectivity index (χ4n) is 8.43. The van der Waals surface area contributed by atoms with Crippen LogP contribution in [0.25, 0.3) is 55.3 Å². The zero-order valence-electron chi connectivity index (χ0n) is 33.1. The zero-order chi connectivity index (χ0) is 39.7. The van der Waals surface area contributed by atoms with E-state index in [1.54, 1.807) is 0 Å². The van der Waals surface area contributed by atoms with Crippen LogP contribution in [0.5, 0.6) is 0 Å². The molecule has 0 fully saturated rings. The van der Waals surface area contributed by atoms with Gasteiger partial charge in [-0.2, -0.15) is 0 Å². The summed E-state index contributed by atoms with van der Waals surface area (Å²) in [6.45, 7) is 4.42. The number of fused-ring (bicyclic) bond motifs is 3. The molecule has 10 rings (SSSR count). The molecule has 1 aromatic heterocycles. The van der Waals surface area contributed by atoms with E-state index >= 15 is 0 Å². The lowest BCUT2D eigenvalue weighted by atomic mass is 9.95. The van der Waals surface area contributed by atoms with Gasteiger partial charge >= 0.3 is 0 Å². The van der Waals surface area contributed by atoms with Crippen LogP contribution in [-0.4, -0.2) is 0 Å². The Kier molecular flexibility index (Phi) is 9.32. The Balaban J connectivity index is 0.973. The van der Waals surface area contributed by atoms with Crippen molar-refractivity contribution < 1.29 is 4.42 Å². The van der Waals surface area contributed by atoms with Gasteiger partial charge in [0.05, 0.1) is 5.69 Å². The minimum atomic E-state index is 0.873. The quantitative estimate of drug-likeness (QED) is 0.146. The maximum atomic E-state index is 6.51. The number of aryl methyl sites for hydroxylation is 1. The lowest BCUT2D eigenvalue weighted by Gasteiger charge is -2.28. The molecule has 0 N–H and O–H groups in total. The van der Waals surface area contributed by atoms with Crippen molar-refractivity contribution in [1.29, 1.82) is 0 Å². The Morgan fingerprint density at radius 2 is 0.814 bits per heavy atom. The second-order valence-corrected chi connectivity index (χ2v) is 15.0. The predicted molar refractivity (Wildman–Crippen MR) is 249 cm³/mol. The Morgan fingerprint density at radius 1 is 0.339 bits per heavy atom. The summed E-state index contributed by atoms with van der Waals surface area (Å²) in [5, 5.41) is 2.23. The van der Waals surface area contributed by atoms with Crippen LogP contribution >= 0.6 is 0 Å². The molecule has 1 heterocycles. The van der Waals surface area contributed by atoms with Crippen molar-refractivity contribution >= 4 is 56.1 Å². The highest BCUT2D eigenvalue weighted by atomic mass is 16.3. The van der Waals surface area contributed by atoms with E-state index in [4.69, 9.17) is 4.42 Å². The lowest BCUT2D eigenvalue weighted by molar-refractivity contribution is 0.669. The molecule has 0 radical (unpaired) electrons. The highest BCUT2D eigenvalue weighted by Crippen LogP contribution is 2.44. The smallest absolute Gasteiger partial charge is 0.159 e. The summed E-state index contributed by atoms with van der Waals surface area (Å²) in [6.07, 6.45) is 0. The second kappa shape index (κ2) is 15.4. The van der Waals surface area contributed by atoms with Gasteiger partial charge in [0.1, 0.15) is 5.58 Å². The van der Waals surface area contributed by atoms with E-state index in [0.717, 1.165) is 61.6 Å². The molecule has 282 valence electrons. The van der Waals surface area contributed by atoms with E-state index in [2.05, 4.69) is 230 Å². The normalized spacial score (nSPS) is 11.2. The summed E-state index contributed by atoms with van der Waals surface area (Å²) in [6, 6.07) is 77.7. The number of benzene rings is 9. The molecule has 3 nitrogen and oxygen atoms in total. The van der Waals surface area contributed by atoms with Crippen LogP contribution < -0.4 is 9.80 Å². The van der Waals surface area contributed by atoms with Gasteiger partial charge < -0.3 is 14.2 Å². The van der Waals surface area contributed by atoms with E-state index in [0.29, 0.717) is 0 Å². The molecule has 59 heavy (non-hydrogen) atoms. The summed E-state index contributed by atoms with van der Waals surface area (Å²) in [7, 11) is 0. The molecule has 0 aliphatic carbocycles. The third kappa shape index (κ3) is 6.73. The maximum Gasteiger partial charge on any atom is 0.159 e. The van der Waals surface area contributed by atoms with Crippen LogP contribution in [0.15, 0.2) is 223 Å². The number of hydrogen-bond acceptors (Lipinski definition) is 3. The number of para-hydroxylation sites is 4. The summed E-state index contributed by atoms with van der Waals surface area (Å²) < 4.78 is 6.51. The number of nitrogens with zero attached hydrogens (tertiary/aromatic N) is 2. The van der Waals surface area contributed by atoms with E-state index in [-0.39, 0.29) is 0 Å². The highest BCUT2D eigenvalue weighted by molar-refractivity contribution is 6.10. The number of hydrogen-bond donors (Lipinski definition) is 0. The van der Waals surface area contributed by atoms with Gasteiger partial charge in [-0.25, -0.2) is 0 Å². The Morgan fingerprint density at radius 3 is 1.46 bits per heavy atom. The summed E-state index contributed by atoms with van der Waals surface area (Å²) in [4.78, 5) is 4.65. The Labute approximate surface area is 345 Å². The van der Waals surface area contributed by atoms with E-state index in [9.17, 15) is 0 Å². The zero-order valence-corrected chi connectivity index (χ0v) is 33.1. The first-order valence-corrected chi connectivity index (χ1v) is 20.2. The summed E-state index contributed by atoms with van der Waals surface area (Å²) >= 11 is 0. The first-order valence-electron chi connectivity index (χ1n) is 20.2. The van der Waals surface area contributed by atoms with Gasteiger partial charge in [0.15, 0.2) is 5.58 Å². The van der Waals surface area contributed by atoms with Gasteiger partial charge in [-0.1, -0.05) is 146 Å². The largest absolute Gasteiger partial charge is 0.454 e. The van der Waals surface area contributed by atoms with Crippen molar-refractivity contribution in [1.82, 2.24) is 0 Å². The summed E-state index contributed by atoms with van der Waals surface area (Å²) in [5.41, 5.74) is 18.0. The van der Waals surface area contributed by atoms with Gasteiger partial charge in [-0.05, 0) is 131 Å². The van der Waals surface area contributed by atoms with Crippen LogP contribution in [0.3, 0.4) is 0 Å². The third-order valence-corrected chi connectivity index (χ3v) is 11.4. The fourth-order valence-corrected chi connectivity index (χ4v) is 8.43. The maximum absolute atomic E-state index is 6.51. The van der Waals surface area contributed by atoms with Crippen LogP contribution in [0.4, 0.5) is 34.1 Å². The van der Waals surface area contributed by atoms with Crippen molar-refractivity contribution in [3.63, 3.8) is 0 Å². The topological polar surface area (TPSA) is 19.6 Å². The van der Waals surface area contributed by atoms with Crippen molar-refractivity contribution in [3.8, 4) is 33.4 Å². The molecule has 0 amide bonds. The minimum Gasteiger partial charge on any atom is -0.454 e. The van der Waals surface area contributed by atoms with Crippen molar-refractivity contribution in [2.24, 2.45) is 0 Å². The molecule has 3 heteroatoms. The minimum absolute atomic E-state index is 0.873. The molecular weight excluding hydrogens is 717 g/mol. The lowest BCUT2D eigenvalue weighted by Crippen LogP contribution is -2.11. The van der Waals surface area contributed by atoms with Crippen molar-refractivity contribution in [3.05, 3.63) is 230 Å². The number of rotatable bonds is 9. The SMILES string of the molecule is Cc1ccccc1-c1cccc(N(c2ccccc2)c2ccc(-c3cccc(-c4ccc(N(c5ccccc5)c5cccc6c5oc5ccccc56)cc4)c3)cc2)c1C. The first-order chi connectivity index (χ1) is 29.1. The summed E-state index contributed by atoms with van der Waals surface area (Å²) in [5.74, 6) is 0. The molecule has 0 spiro atoms. The van der Waals surface area contributed by atoms with Crippen LogP contribution in [0.2, 0.25) is 0 Å². The fraction of sp³-hybridized carbons (Fsp3) is 0.0357. The first kappa shape index (κ1) is 35.8. The van der Waals surface area contributed by atoms with Crippen LogP contribution in [-0.2, 0) is 0 Å². The molecule has 0 saturated heterocycles. The molecule has 0 bridgehead atoms. The van der Waals surface area contributed by atoms with Gasteiger partial charge in [0.2, 0.25) is 0 Å². The van der Waals surface area contributed by atoms with Crippen LogP contribution in [0.1, 0.15) is 11.1 Å². The molecule has 10 aromatic rings. The van der Waals surface area contributed by atoms with E-state index in [1.165, 1.54) is 38.9 Å². The predicted octanol–water partition coefficient (Wildman–Crippen LogP) is 16.1. The van der Waals surface area contributed by atoms with Crippen molar-refractivity contribution in [2.75, 3.05) is 9.80 Å². The molecule has 0 aliphatic heterocycles. The molecule has 0 atom stereocenters. The van der Waals surface area contributed by atoms with E-state index in [1.807, 2.05) is 12.1 Å². The third-order valence-electron chi connectivity index (χ3n) is 11.4. The van der Waals surface area contributed by atoms with Crippen molar-refractivity contribution in [2.45, 2.75) is 13.8 Å². The Hall–Kier alpha value is -7.62.